The fourth-order valence-corrected chi connectivity index (χ4v) is 5.79. The molecule has 0 saturated carbocycles. The second-order valence-electron chi connectivity index (χ2n) is 9.64. The van der Waals surface area contributed by atoms with Gasteiger partial charge in [0.1, 0.15) is 11.9 Å². The summed E-state index contributed by atoms with van der Waals surface area (Å²) in [6.07, 6.45) is 1.83. The molecule has 2 aromatic rings. The maximum atomic E-state index is 12.9. The Kier molecular flexibility index (Phi) is 8.89. The highest BCUT2D eigenvalue weighted by Gasteiger charge is 2.32. The second kappa shape index (κ2) is 12.3. The molecule has 3 heterocycles. The topological polar surface area (TPSA) is 153 Å². The second-order valence-corrected chi connectivity index (χ2v) is 11.3. The number of hydrogen-bond acceptors (Lipinski definition) is 9. The fourth-order valence-electron chi connectivity index (χ4n) is 4.83. The van der Waals surface area contributed by atoms with Crippen LogP contribution in [0.4, 0.5) is 11.5 Å². The lowest BCUT2D eigenvalue weighted by molar-refractivity contribution is -0.128. The van der Waals surface area contributed by atoms with E-state index in [2.05, 4.69) is 15.8 Å². The van der Waals surface area contributed by atoms with Gasteiger partial charge in [-0.25, -0.2) is 14.5 Å². The van der Waals surface area contributed by atoms with E-state index in [1.807, 2.05) is 4.90 Å². The summed E-state index contributed by atoms with van der Waals surface area (Å²) in [6, 6.07) is 12.0. The van der Waals surface area contributed by atoms with E-state index in [0.29, 0.717) is 56.1 Å². The zero-order chi connectivity index (χ0) is 28.9. The summed E-state index contributed by atoms with van der Waals surface area (Å²) in [5.41, 5.74) is 1.08. The summed E-state index contributed by atoms with van der Waals surface area (Å²) in [5.74, 6) is -1.44. The molecule has 2 saturated heterocycles. The Bertz CT molecular complexity index is 1420. The number of nitrogens with zero attached hydrogens (tertiary/aromatic N) is 5. The van der Waals surface area contributed by atoms with E-state index in [1.54, 1.807) is 42.2 Å². The molecule has 4 rings (SSSR count). The molecule has 12 nitrogen and oxygen atoms in total. The van der Waals surface area contributed by atoms with E-state index in [9.17, 15) is 28.1 Å². The minimum atomic E-state index is -4.09. The number of para-hydroxylation sites is 1. The number of benzene rings is 1. The van der Waals surface area contributed by atoms with Gasteiger partial charge in [-0.05, 0) is 44.4 Å². The number of esters is 1. The molecular formula is C27H32N6O6S. The van der Waals surface area contributed by atoms with Gasteiger partial charge in [0.2, 0.25) is 11.8 Å². The molecule has 2 fully saturated rings. The lowest BCUT2D eigenvalue weighted by Gasteiger charge is -2.33. The van der Waals surface area contributed by atoms with Crippen molar-refractivity contribution in [3.05, 3.63) is 53.2 Å². The number of ether oxygens (including phenoxy) is 1. The minimum absolute atomic E-state index is 0.0257. The Morgan fingerprint density at radius 2 is 1.90 bits per heavy atom. The van der Waals surface area contributed by atoms with Gasteiger partial charge in [-0.2, -0.15) is 13.7 Å². The van der Waals surface area contributed by atoms with E-state index < -0.39 is 28.0 Å². The van der Waals surface area contributed by atoms with E-state index in [4.69, 9.17) is 4.74 Å². The van der Waals surface area contributed by atoms with Crippen molar-refractivity contribution in [3.63, 3.8) is 0 Å². The first-order valence-corrected chi connectivity index (χ1v) is 14.6. The number of nitrogens with one attached hydrogen (secondary N) is 1. The summed E-state index contributed by atoms with van der Waals surface area (Å²) in [5, 5.41) is 9.85. The molecule has 2 amide bonds. The summed E-state index contributed by atoms with van der Waals surface area (Å²) in [4.78, 5) is 45.9. The summed E-state index contributed by atoms with van der Waals surface area (Å²) in [6.45, 7) is 3.19. The molecule has 40 heavy (non-hydrogen) atoms. The number of carbonyl (C=O) groups is 3. The van der Waals surface area contributed by atoms with Crippen LogP contribution in [0.2, 0.25) is 0 Å². The number of likely N-dealkylation sites (tertiary alicyclic amines) is 1. The molecule has 1 aromatic carbocycles. The monoisotopic (exact) mass is 568 g/mol. The Morgan fingerprint density at radius 3 is 2.50 bits per heavy atom. The van der Waals surface area contributed by atoms with Crippen molar-refractivity contribution in [3.8, 4) is 6.07 Å². The van der Waals surface area contributed by atoms with E-state index in [-0.39, 0.29) is 30.2 Å². The Balaban J connectivity index is 1.49. The van der Waals surface area contributed by atoms with Gasteiger partial charge >= 0.3 is 16.2 Å². The average molecular weight is 569 g/mol. The molecule has 0 aliphatic carbocycles. The van der Waals surface area contributed by atoms with Gasteiger partial charge in [-0.15, -0.1) is 0 Å². The number of pyridine rings is 1. The molecule has 13 heteroatoms. The third kappa shape index (κ3) is 6.34. The number of aromatic nitrogens is 1. The lowest BCUT2D eigenvalue weighted by atomic mass is 9.96. The van der Waals surface area contributed by atoms with Gasteiger partial charge < -0.3 is 14.5 Å². The zero-order valence-electron chi connectivity index (χ0n) is 22.5. The van der Waals surface area contributed by atoms with Crippen molar-refractivity contribution in [2.24, 2.45) is 5.92 Å². The standard InChI is InChI=1S/C27H32N6O6S/c1-3-39-27(36)22-16-20(17-28)25(29-23(22)18-33-13-7-10-24(33)34)32-14-11-19(12-15-32)26(35)30-40(37,38)31(2)21-8-5-4-6-9-21/h4-6,8-9,16,19H,3,7,10-15,18H2,1-2H3,(H,30,35). The van der Waals surface area contributed by atoms with Crippen LogP contribution in [0.3, 0.4) is 0 Å². The molecule has 0 atom stereocenters. The Hall–Kier alpha value is -4.18. The van der Waals surface area contributed by atoms with Crippen molar-refractivity contribution in [2.45, 2.75) is 39.2 Å². The van der Waals surface area contributed by atoms with Crippen LogP contribution < -0.4 is 13.9 Å². The summed E-state index contributed by atoms with van der Waals surface area (Å²) < 4.78 is 33.9. The highest BCUT2D eigenvalue weighted by molar-refractivity contribution is 7.91. The van der Waals surface area contributed by atoms with Gasteiger partial charge in [0.25, 0.3) is 0 Å². The van der Waals surface area contributed by atoms with E-state index in [0.717, 1.165) is 10.7 Å². The third-order valence-corrected chi connectivity index (χ3v) is 8.48. The maximum Gasteiger partial charge on any atom is 0.340 e. The third-order valence-electron chi connectivity index (χ3n) is 7.08. The molecule has 2 aliphatic rings. The number of nitriles is 1. The van der Waals surface area contributed by atoms with Crippen LogP contribution in [0.25, 0.3) is 0 Å². The van der Waals surface area contributed by atoms with Gasteiger partial charge in [0, 0.05) is 39.0 Å². The first-order valence-electron chi connectivity index (χ1n) is 13.1. The molecule has 0 radical (unpaired) electrons. The van der Waals surface area contributed by atoms with Crippen molar-refractivity contribution in [2.75, 3.05) is 42.5 Å². The van der Waals surface area contributed by atoms with Crippen LogP contribution in [0.1, 0.15) is 54.2 Å². The van der Waals surface area contributed by atoms with E-state index >= 15 is 0 Å². The van der Waals surface area contributed by atoms with E-state index in [1.165, 1.54) is 13.1 Å². The number of anilines is 2. The Labute approximate surface area is 233 Å². The van der Waals surface area contributed by atoms with Crippen molar-refractivity contribution in [1.29, 1.82) is 5.26 Å². The number of hydrogen-bond donors (Lipinski definition) is 1. The lowest BCUT2D eigenvalue weighted by Crippen LogP contribution is -2.47. The predicted octanol–water partition coefficient (Wildman–Crippen LogP) is 1.97. The number of carbonyl (C=O) groups excluding carboxylic acids is 3. The van der Waals surface area contributed by atoms with Crippen molar-refractivity contribution < 1.29 is 27.5 Å². The summed E-state index contributed by atoms with van der Waals surface area (Å²) >= 11 is 0. The molecule has 2 aliphatic heterocycles. The zero-order valence-corrected chi connectivity index (χ0v) is 23.3. The normalized spacial score (nSPS) is 16.0. The first kappa shape index (κ1) is 28.8. The molecular weight excluding hydrogens is 536 g/mol. The highest BCUT2D eigenvalue weighted by atomic mass is 32.2. The molecule has 0 unspecified atom stereocenters. The van der Waals surface area contributed by atoms with Crippen LogP contribution in [-0.2, 0) is 31.1 Å². The van der Waals surface area contributed by atoms with Crippen LogP contribution >= 0.6 is 0 Å². The van der Waals surface area contributed by atoms with Crippen molar-refractivity contribution >= 4 is 39.5 Å². The highest BCUT2D eigenvalue weighted by Crippen LogP contribution is 2.28. The van der Waals surface area contributed by atoms with Gasteiger partial charge in [-0.1, -0.05) is 18.2 Å². The van der Waals surface area contributed by atoms with Gasteiger partial charge in [-0.3, -0.25) is 13.9 Å². The van der Waals surface area contributed by atoms with Gasteiger partial charge in [0.15, 0.2) is 0 Å². The number of rotatable bonds is 9. The smallest absolute Gasteiger partial charge is 0.340 e. The van der Waals surface area contributed by atoms with Gasteiger partial charge in [0.05, 0.1) is 35.7 Å². The van der Waals surface area contributed by atoms with Crippen LogP contribution in [0.15, 0.2) is 36.4 Å². The van der Waals surface area contributed by atoms with Crippen molar-refractivity contribution in [1.82, 2.24) is 14.6 Å². The van der Waals surface area contributed by atoms with Crippen LogP contribution in [-0.4, -0.2) is 69.4 Å². The average Bonchev–Trinajstić information content (AvgIpc) is 3.36. The predicted molar refractivity (Wildman–Crippen MR) is 146 cm³/mol. The quantitative estimate of drug-likeness (QED) is 0.447. The molecule has 212 valence electrons. The number of amides is 2. The maximum absolute atomic E-state index is 12.9. The van der Waals surface area contributed by atoms with Crippen LogP contribution in [0.5, 0.6) is 0 Å². The SMILES string of the molecule is CCOC(=O)c1cc(C#N)c(N2CCC(C(=O)NS(=O)(=O)N(C)c3ccccc3)CC2)nc1CN1CCCC1=O. The molecule has 0 bridgehead atoms. The minimum Gasteiger partial charge on any atom is -0.462 e. The number of piperidine rings is 1. The summed E-state index contributed by atoms with van der Waals surface area (Å²) in [7, 11) is -2.72. The Morgan fingerprint density at radius 1 is 1.20 bits per heavy atom. The van der Waals surface area contributed by atoms with Crippen LogP contribution in [0, 0.1) is 17.2 Å². The molecule has 1 aromatic heterocycles. The molecule has 0 spiro atoms. The fraction of sp³-hybridized carbons (Fsp3) is 0.444. The first-order chi connectivity index (χ1) is 19.1. The molecule has 1 N–H and O–H groups in total. The largest absolute Gasteiger partial charge is 0.462 e.